The Hall–Kier alpha value is -2.25. The van der Waals surface area contributed by atoms with Crippen LogP contribution in [0.5, 0.6) is 0 Å². The van der Waals surface area contributed by atoms with Crippen molar-refractivity contribution >= 4 is 33.5 Å². The first kappa shape index (κ1) is 13.4. The lowest BCUT2D eigenvalue weighted by atomic mass is 10.2. The van der Waals surface area contributed by atoms with E-state index in [9.17, 15) is 0 Å². The molecular weight excluding hydrogens is 296 g/mol. The number of hydrogen-bond acceptors (Lipinski definition) is 7. The maximum atomic E-state index is 5.89. The molecule has 0 unspecified atom stereocenters. The monoisotopic (exact) mass is 312 g/mol. The molecule has 7 heteroatoms. The van der Waals surface area contributed by atoms with E-state index < -0.39 is 0 Å². The van der Waals surface area contributed by atoms with Gasteiger partial charge >= 0.3 is 0 Å². The second kappa shape index (κ2) is 5.51. The van der Waals surface area contributed by atoms with Gasteiger partial charge in [-0.15, -0.1) is 0 Å². The number of nitrogen functional groups attached to an aromatic ring is 1. The van der Waals surface area contributed by atoms with Crippen LogP contribution in [0.1, 0.15) is 0 Å². The molecule has 0 bridgehead atoms. The van der Waals surface area contributed by atoms with Gasteiger partial charge in [-0.3, -0.25) is 0 Å². The zero-order chi connectivity index (χ0) is 14.9. The lowest BCUT2D eigenvalue weighted by molar-refractivity contribution is 0.586. The number of benzene rings is 1. The molecule has 1 fully saturated rings. The first-order valence-electron chi connectivity index (χ1n) is 7.26. The zero-order valence-electron chi connectivity index (χ0n) is 12.0. The van der Waals surface area contributed by atoms with Crippen LogP contribution in [-0.4, -0.2) is 41.1 Å². The number of thiazole rings is 1. The third kappa shape index (κ3) is 2.38. The van der Waals surface area contributed by atoms with Gasteiger partial charge in [0.2, 0.25) is 5.95 Å². The number of hydrogen-bond donors (Lipinski definition) is 2. The second-order valence-corrected chi connectivity index (χ2v) is 6.16. The molecule has 1 aliphatic rings. The van der Waals surface area contributed by atoms with Crippen LogP contribution >= 0.6 is 11.3 Å². The maximum Gasteiger partial charge on any atom is 0.223 e. The number of piperazine rings is 1. The van der Waals surface area contributed by atoms with Crippen molar-refractivity contribution in [3.05, 3.63) is 30.3 Å². The van der Waals surface area contributed by atoms with E-state index in [0.29, 0.717) is 5.95 Å². The molecule has 0 radical (unpaired) electrons. The lowest BCUT2D eigenvalue weighted by Crippen LogP contribution is -2.44. The first-order valence-corrected chi connectivity index (χ1v) is 8.08. The summed E-state index contributed by atoms with van der Waals surface area (Å²) in [6.45, 7) is 3.70. The third-order valence-corrected chi connectivity index (χ3v) is 4.69. The normalized spacial score (nSPS) is 15.4. The fraction of sp³-hybridized carbons (Fsp3) is 0.267. The highest BCUT2D eigenvalue weighted by molar-refractivity contribution is 7.21. The largest absolute Gasteiger partial charge is 0.368 e. The van der Waals surface area contributed by atoms with E-state index in [1.54, 1.807) is 11.3 Å². The summed E-state index contributed by atoms with van der Waals surface area (Å²) in [6.07, 6.45) is 0. The maximum absolute atomic E-state index is 5.89. The van der Waals surface area contributed by atoms with Crippen LogP contribution in [0.4, 0.5) is 11.8 Å². The van der Waals surface area contributed by atoms with E-state index in [1.807, 2.05) is 18.2 Å². The van der Waals surface area contributed by atoms with Crippen molar-refractivity contribution in [2.24, 2.45) is 0 Å². The van der Waals surface area contributed by atoms with Crippen molar-refractivity contribution in [3.8, 4) is 10.6 Å². The van der Waals surface area contributed by atoms with Crippen molar-refractivity contribution in [2.45, 2.75) is 0 Å². The topological polar surface area (TPSA) is 80.0 Å². The standard InChI is InChI=1S/C15H16N6S/c16-15-19-12(21-8-6-17-7-9-21)11-14(20-15)22-13(18-11)10-4-2-1-3-5-10/h1-5,17H,6-9H2,(H2,16,19,20). The highest BCUT2D eigenvalue weighted by Gasteiger charge is 2.19. The summed E-state index contributed by atoms with van der Waals surface area (Å²) in [4.78, 5) is 16.6. The van der Waals surface area contributed by atoms with Crippen molar-refractivity contribution < 1.29 is 0 Å². The molecule has 0 atom stereocenters. The van der Waals surface area contributed by atoms with Gasteiger partial charge in [0.1, 0.15) is 10.5 Å². The quantitative estimate of drug-likeness (QED) is 0.750. The highest BCUT2D eigenvalue weighted by Crippen LogP contribution is 2.33. The van der Waals surface area contributed by atoms with Crippen LogP contribution in [0.25, 0.3) is 20.9 Å². The summed E-state index contributed by atoms with van der Waals surface area (Å²) in [7, 11) is 0. The summed E-state index contributed by atoms with van der Waals surface area (Å²) >= 11 is 1.56. The van der Waals surface area contributed by atoms with Crippen molar-refractivity contribution in [2.75, 3.05) is 36.8 Å². The molecule has 3 heterocycles. The molecule has 1 aliphatic heterocycles. The molecule has 4 rings (SSSR count). The predicted octanol–water partition coefficient (Wildman–Crippen LogP) is 1.75. The Kier molecular flexibility index (Phi) is 3.36. The van der Waals surface area contributed by atoms with Gasteiger partial charge in [0.15, 0.2) is 10.6 Å². The molecule has 22 heavy (non-hydrogen) atoms. The van der Waals surface area contributed by atoms with E-state index in [2.05, 4.69) is 32.3 Å². The molecule has 3 aromatic rings. The van der Waals surface area contributed by atoms with E-state index in [0.717, 1.165) is 52.9 Å². The molecule has 0 amide bonds. The molecule has 0 saturated carbocycles. The number of aromatic nitrogens is 3. The van der Waals surface area contributed by atoms with Gasteiger partial charge in [-0.25, -0.2) is 9.97 Å². The molecule has 0 aliphatic carbocycles. The number of anilines is 2. The minimum absolute atomic E-state index is 0.310. The number of nitrogens with two attached hydrogens (primary N) is 1. The molecule has 112 valence electrons. The van der Waals surface area contributed by atoms with Gasteiger partial charge in [-0.05, 0) is 0 Å². The Labute approximate surface area is 132 Å². The Balaban J connectivity index is 1.84. The van der Waals surface area contributed by atoms with Gasteiger partial charge in [0.25, 0.3) is 0 Å². The highest BCUT2D eigenvalue weighted by atomic mass is 32.1. The molecule has 3 N–H and O–H groups in total. The first-order chi connectivity index (χ1) is 10.8. The fourth-order valence-corrected chi connectivity index (χ4v) is 3.57. The third-order valence-electron chi connectivity index (χ3n) is 3.69. The zero-order valence-corrected chi connectivity index (χ0v) is 12.8. The molecule has 1 aromatic carbocycles. The molecule has 6 nitrogen and oxygen atoms in total. The molecule has 1 saturated heterocycles. The lowest BCUT2D eigenvalue weighted by Gasteiger charge is -2.28. The van der Waals surface area contributed by atoms with E-state index in [1.165, 1.54) is 0 Å². The summed E-state index contributed by atoms with van der Waals surface area (Å²) in [5, 5.41) is 4.29. The SMILES string of the molecule is Nc1nc(N2CCNCC2)c2nc(-c3ccccc3)sc2n1. The van der Waals surface area contributed by atoms with Gasteiger partial charge in [-0.2, -0.15) is 4.98 Å². The summed E-state index contributed by atoms with van der Waals surface area (Å²) < 4.78 is 0. The van der Waals surface area contributed by atoms with Crippen molar-refractivity contribution in [1.82, 2.24) is 20.3 Å². The average molecular weight is 312 g/mol. The number of fused-ring (bicyclic) bond motifs is 1. The minimum Gasteiger partial charge on any atom is -0.368 e. The van der Waals surface area contributed by atoms with Crippen LogP contribution in [0.15, 0.2) is 30.3 Å². The Bertz CT molecular complexity index is 794. The average Bonchev–Trinajstić information content (AvgIpc) is 2.99. The van der Waals surface area contributed by atoms with Crippen LogP contribution in [0.2, 0.25) is 0 Å². The van der Waals surface area contributed by atoms with Crippen LogP contribution in [0, 0.1) is 0 Å². The Morgan fingerprint density at radius 3 is 2.59 bits per heavy atom. The van der Waals surface area contributed by atoms with Crippen molar-refractivity contribution in [3.63, 3.8) is 0 Å². The minimum atomic E-state index is 0.310. The van der Waals surface area contributed by atoms with Crippen LogP contribution < -0.4 is 16.0 Å². The van der Waals surface area contributed by atoms with E-state index in [-0.39, 0.29) is 0 Å². The van der Waals surface area contributed by atoms with E-state index >= 15 is 0 Å². The predicted molar refractivity (Wildman–Crippen MR) is 90.1 cm³/mol. The molecular formula is C15H16N6S. The number of nitrogens with zero attached hydrogens (tertiary/aromatic N) is 4. The molecule has 0 spiro atoms. The smallest absolute Gasteiger partial charge is 0.223 e. The number of rotatable bonds is 2. The Morgan fingerprint density at radius 2 is 1.82 bits per heavy atom. The summed E-state index contributed by atoms with van der Waals surface area (Å²) in [6, 6.07) is 10.1. The molecule has 2 aromatic heterocycles. The number of nitrogens with one attached hydrogen (secondary N) is 1. The van der Waals surface area contributed by atoms with Gasteiger partial charge < -0.3 is 16.0 Å². The van der Waals surface area contributed by atoms with Gasteiger partial charge in [-0.1, -0.05) is 41.7 Å². The van der Waals surface area contributed by atoms with Crippen molar-refractivity contribution in [1.29, 1.82) is 0 Å². The van der Waals surface area contributed by atoms with Gasteiger partial charge in [0, 0.05) is 31.7 Å². The second-order valence-electron chi connectivity index (χ2n) is 5.18. The van der Waals surface area contributed by atoms with E-state index in [4.69, 9.17) is 10.7 Å². The Morgan fingerprint density at radius 1 is 1.05 bits per heavy atom. The fourth-order valence-electron chi connectivity index (χ4n) is 2.63. The van der Waals surface area contributed by atoms with Gasteiger partial charge in [0.05, 0.1) is 0 Å². The van der Waals surface area contributed by atoms with Crippen LogP contribution in [-0.2, 0) is 0 Å². The summed E-state index contributed by atoms with van der Waals surface area (Å²) in [5.41, 5.74) is 7.83. The summed E-state index contributed by atoms with van der Waals surface area (Å²) in [5.74, 6) is 1.16. The van der Waals surface area contributed by atoms with Crippen LogP contribution in [0.3, 0.4) is 0 Å².